The number of allylic oxidation sites excluding steroid dienone is 1. The van der Waals surface area contributed by atoms with Crippen molar-refractivity contribution in [2.24, 2.45) is 15.9 Å². The van der Waals surface area contributed by atoms with Crippen molar-refractivity contribution < 1.29 is 19.4 Å². The summed E-state index contributed by atoms with van der Waals surface area (Å²) in [6.45, 7) is 7.33. The molecule has 172 valence electrons. The van der Waals surface area contributed by atoms with Gasteiger partial charge < -0.3 is 25.8 Å². The zero-order valence-electron chi connectivity index (χ0n) is 18.3. The topological polar surface area (TPSA) is 124 Å². The van der Waals surface area contributed by atoms with E-state index in [2.05, 4.69) is 38.7 Å². The minimum atomic E-state index is -0.833. The highest BCUT2D eigenvalue weighted by molar-refractivity contribution is 5.90. The van der Waals surface area contributed by atoms with Crippen molar-refractivity contribution in [3.05, 3.63) is 47.3 Å². The van der Waals surface area contributed by atoms with Gasteiger partial charge in [0.25, 0.3) is 0 Å². The number of aliphatic carboxylic acids is 1. The molecular weight excluding hydrogens is 410 g/mol. The normalized spacial score (nSPS) is 23.5. The summed E-state index contributed by atoms with van der Waals surface area (Å²) in [6, 6.07) is 0.251. The molecule has 0 aromatic heterocycles. The number of carboxylic acids is 1. The Hall–Kier alpha value is -3.20. The van der Waals surface area contributed by atoms with E-state index in [1.54, 1.807) is 19.3 Å². The standard InChI is InChI=1S/C23H31N5O4/c1-15(13-27-23(24-2)28-18-5-8-25-9-6-18)22(31)32-10-7-16-3-4-19-17(12-21(29)30)14-26-20(19)11-16/h3-4,11,13-14,18-20,25-26H,2,5-10,12H2,1H3,(H,27,28)(H,29,30)/b15-13+. The minimum Gasteiger partial charge on any atom is -0.481 e. The summed E-state index contributed by atoms with van der Waals surface area (Å²) in [5, 5.41) is 18.4. The van der Waals surface area contributed by atoms with Crippen molar-refractivity contribution in [1.82, 2.24) is 16.0 Å². The second kappa shape index (κ2) is 11.4. The number of nitrogens with one attached hydrogen (secondary N) is 3. The fraction of sp³-hybridized carbons (Fsp3) is 0.478. The number of rotatable bonds is 8. The number of hydrogen-bond donors (Lipinski definition) is 4. The highest BCUT2D eigenvalue weighted by Crippen LogP contribution is 2.31. The van der Waals surface area contributed by atoms with Gasteiger partial charge in [-0.25, -0.2) is 14.8 Å². The Morgan fingerprint density at radius 2 is 2.16 bits per heavy atom. The molecule has 2 atom stereocenters. The Bertz CT molecular complexity index is 881. The fourth-order valence-electron chi connectivity index (χ4n) is 3.89. The van der Waals surface area contributed by atoms with Crippen molar-refractivity contribution in [1.29, 1.82) is 0 Å². The van der Waals surface area contributed by atoms with E-state index < -0.39 is 11.9 Å². The third kappa shape index (κ3) is 6.65. The summed E-state index contributed by atoms with van der Waals surface area (Å²) in [7, 11) is 0. The first-order valence-electron chi connectivity index (χ1n) is 10.9. The van der Waals surface area contributed by atoms with Crippen LogP contribution in [-0.4, -0.2) is 61.5 Å². The average Bonchev–Trinajstić information content (AvgIpc) is 3.18. The van der Waals surface area contributed by atoms with E-state index >= 15 is 0 Å². The molecule has 0 spiro atoms. The summed E-state index contributed by atoms with van der Waals surface area (Å²) in [5.41, 5.74) is 2.33. The number of nitrogens with zero attached hydrogens (tertiary/aromatic N) is 2. The van der Waals surface area contributed by atoms with Gasteiger partial charge in [-0.05, 0) is 56.9 Å². The predicted octanol–water partition coefficient (Wildman–Crippen LogP) is 1.66. The van der Waals surface area contributed by atoms with Gasteiger partial charge in [-0.1, -0.05) is 18.2 Å². The number of guanidine groups is 1. The highest BCUT2D eigenvalue weighted by Gasteiger charge is 2.29. The summed E-state index contributed by atoms with van der Waals surface area (Å²) < 4.78 is 5.38. The quantitative estimate of drug-likeness (QED) is 0.195. The predicted molar refractivity (Wildman–Crippen MR) is 123 cm³/mol. The van der Waals surface area contributed by atoms with Crippen molar-refractivity contribution >= 4 is 24.6 Å². The monoisotopic (exact) mass is 441 g/mol. The highest BCUT2D eigenvalue weighted by atomic mass is 16.5. The molecular formula is C23H31N5O4. The number of aliphatic imine (C=N–C) groups is 2. The fourth-order valence-corrected chi connectivity index (χ4v) is 3.89. The number of carbonyl (C=O) groups excluding carboxylic acids is 1. The third-order valence-corrected chi connectivity index (χ3v) is 5.67. The lowest BCUT2D eigenvalue weighted by molar-refractivity contribution is -0.139. The van der Waals surface area contributed by atoms with E-state index in [9.17, 15) is 9.59 Å². The van der Waals surface area contributed by atoms with Gasteiger partial charge >= 0.3 is 11.9 Å². The van der Waals surface area contributed by atoms with Crippen molar-refractivity contribution in [2.75, 3.05) is 19.7 Å². The zero-order chi connectivity index (χ0) is 22.9. The molecule has 2 heterocycles. The lowest BCUT2D eigenvalue weighted by Crippen LogP contribution is -2.31. The number of hydrogen-bond acceptors (Lipinski definition) is 6. The smallest absolute Gasteiger partial charge is 0.335 e. The number of fused-ring (bicyclic) bond motifs is 1. The van der Waals surface area contributed by atoms with Crippen LogP contribution in [0.15, 0.2) is 57.3 Å². The van der Waals surface area contributed by atoms with Gasteiger partial charge in [0, 0.05) is 18.5 Å². The molecule has 0 saturated carbocycles. The van der Waals surface area contributed by atoms with Crippen LogP contribution >= 0.6 is 0 Å². The van der Waals surface area contributed by atoms with Crippen LogP contribution in [0.1, 0.15) is 32.6 Å². The minimum absolute atomic E-state index is 0.0323. The van der Waals surface area contributed by atoms with E-state index in [1.807, 2.05) is 12.2 Å². The van der Waals surface area contributed by atoms with Gasteiger partial charge in [0.2, 0.25) is 5.96 Å². The van der Waals surface area contributed by atoms with Crippen LogP contribution in [0.2, 0.25) is 0 Å². The Morgan fingerprint density at radius 1 is 1.38 bits per heavy atom. The molecule has 0 amide bonds. The largest absolute Gasteiger partial charge is 0.481 e. The van der Waals surface area contributed by atoms with Crippen LogP contribution in [0.3, 0.4) is 0 Å². The van der Waals surface area contributed by atoms with E-state index in [4.69, 9.17) is 9.84 Å². The first-order chi connectivity index (χ1) is 15.5. The van der Waals surface area contributed by atoms with E-state index in [1.165, 1.54) is 0 Å². The van der Waals surface area contributed by atoms with Crippen molar-refractivity contribution in [3.8, 4) is 0 Å². The SMILES string of the molecule is C=NC(=NC1CCNCC1)N/C=C(\C)C(=O)OCCC1=CC2NC=C(CC(=O)O)C2C=C1. The molecule has 2 aliphatic heterocycles. The van der Waals surface area contributed by atoms with Gasteiger partial charge in [0.05, 0.1) is 30.7 Å². The molecule has 4 N–H and O–H groups in total. The van der Waals surface area contributed by atoms with Crippen LogP contribution in [0.5, 0.6) is 0 Å². The van der Waals surface area contributed by atoms with E-state index in [0.29, 0.717) is 18.0 Å². The summed E-state index contributed by atoms with van der Waals surface area (Å²) in [4.78, 5) is 31.7. The maximum Gasteiger partial charge on any atom is 0.335 e. The molecule has 3 aliphatic rings. The second-order valence-electron chi connectivity index (χ2n) is 8.06. The van der Waals surface area contributed by atoms with Crippen molar-refractivity contribution in [3.63, 3.8) is 0 Å². The maximum atomic E-state index is 12.3. The van der Waals surface area contributed by atoms with Gasteiger partial charge in [-0.3, -0.25) is 4.79 Å². The van der Waals surface area contributed by atoms with Crippen LogP contribution < -0.4 is 16.0 Å². The molecule has 0 aromatic rings. The van der Waals surface area contributed by atoms with Gasteiger partial charge in [-0.2, -0.15) is 0 Å². The number of ether oxygens (including phenoxy) is 1. The van der Waals surface area contributed by atoms with Crippen molar-refractivity contribution in [2.45, 2.75) is 44.7 Å². The van der Waals surface area contributed by atoms with E-state index in [-0.39, 0.29) is 31.0 Å². The number of carboxylic acid groups (broad SMARTS) is 1. The summed E-state index contributed by atoms with van der Waals surface area (Å²) >= 11 is 0. The van der Waals surface area contributed by atoms with Crippen LogP contribution in [-0.2, 0) is 14.3 Å². The van der Waals surface area contributed by atoms with Gasteiger partial charge in [0.15, 0.2) is 0 Å². The first kappa shape index (κ1) is 23.5. The Labute approximate surface area is 188 Å². The Kier molecular flexibility index (Phi) is 8.38. The molecule has 1 saturated heterocycles. The van der Waals surface area contributed by atoms with Gasteiger partial charge in [0.1, 0.15) is 0 Å². The van der Waals surface area contributed by atoms with E-state index in [0.717, 1.165) is 37.1 Å². The summed E-state index contributed by atoms with van der Waals surface area (Å²) in [6.07, 6.45) is 11.9. The molecule has 9 heteroatoms. The molecule has 2 unspecified atom stereocenters. The molecule has 0 bridgehead atoms. The third-order valence-electron chi connectivity index (χ3n) is 5.67. The maximum absolute atomic E-state index is 12.3. The number of esters is 1. The Morgan fingerprint density at radius 3 is 2.88 bits per heavy atom. The first-order valence-corrected chi connectivity index (χ1v) is 10.9. The number of piperidine rings is 1. The molecule has 3 rings (SSSR count). The summed E-state index contributed by atoms with van der Waals surface area (Å²) in [5.74, 6) is -0.783. The second-order valence-corrected chi connectivity index (χ2v) is 8.06. The van der Waals surface area contributed by atoms with Crippen LogP contribution in [0.4, 0.5) is 0 Å². The van der Waals surface area contributed by atoms with Crippen LogP contribution in [0.25, 0.3) is 0 Å². The Balaban J connectivity index is 1.42. The molecule has 0 aromatic carbocycles. The molecule has 1 fully saturated rings. The molecule has 0 radical (unpaired) electrons. The molecule has 1 aliphatic carbocycles. The van der Waals surface area contributed by atoms with Crippen LogP contribution in [0, 0.1) is 5.92 Å². The molecule has 9 nitrogen and oxygen atoms in total. The van der Waals surface area contributed by atoms with Gasteiger partial charge in [-0.15, -0.1) is 0 Å². The lowest BCUT2D eigenvalue weighted by atomic mass is 9.87. The lowest BCUT2D eigenvalue weighted by Gasteiger charge is -2.21. The zero-order valence-corrected chi connectivity index (χ0v) is 18.3. The average molecular weight is 442 g/mol. The molecule has 32 heavy (non-hydrogen) atoms. The number of carbonyl (C=O) groups is 2.